The molecule has 0 aromatic heterocycles. The molecule has 0 unspecified atom stereocenters. The first-order chi connectivity index (χ1) is 11.1. The number of nitrogens with one attached hydrogen (secondary N) is 2. The van der Waals surface area contributed by atoms with E-state index in [0.717, 1.165) is 5.56 Å². The molecule has 1 fully saturated rings. The zero-order valence-corrected chi connectivity index (χ0v) is 14.7. The van der Waals surface area contributed by atoms with Crippen LogP contribution in [0, 0.1) is 0 Å². The monoisotopic (exact) mass is 340 g/mol. The van der Waals surface area contributed by atoms with Crippen molar-refractivity contribution < 1.29 is 13.2 Å². The van der Waals surface area contributed by atoms with Crippen LogP contribution in [-0.4, -0.2) is 34.7 Å². The van der Waals surface area contributed by atoms with Crippen LogP contribution in [0.15, 0.2) is 29.2 Å². The summed E-state index contributed by atoms with van der Waals surface area (Å²) >= 11 is 0. The third-order valence-electron chi connectivity index (χ3n) is 4.23. The van der Waals surface area contributed by atoms with E-state index in [1.54, 1.807) is 25.3 Å². The van der Waals surface area contributed by atoms with E-state index in [2.05, 4.69) is 10.0 Å². The van der Waals surface area contributed by atoms with Gasteiger partial charge in [0.2, 0.25) is 10.0 Å². The van der Waals surface area contributed by atoms with Crippen molar-refractivity contribution in [2.75, 3.05) is 20.2 Å². The lowest BCUT2D eigenvalue weighted by atomic mass is 10.1. The molecule has 0 saturated heterocycles. The van der Waals surface area contributed by atoms with Gasteiger partial charge in [0.25, 0.3) is 0 Å². The minimum Gasteiger partial charge on any atom is -0.380 e. The van der Waals surface area contributed by atoms with Crippen LogP contribution in [-0.2, 0) is 21.4 Å². The Hall–Kier alpha value is -0.950. The van der Waals surface area contributed by atoms with E-state index < -0.39 is 10.0 Å². The summed E-state index contributed by atoms with van der Waals surface area (Å²) in [6, 6.07) is 7.40. The Morgan fingerprint density at radius 1 is 1.13 bits per heavy atom. The van der Waals surface area contributed by atoms with E-state index in [4.69, 9.17) is 4.74 Å². The normalized spacial score (nSPS) is 17.1. The lowest BCUT2D eigenvalue weighted by Crippen LogP contribution is -2.36. The zero-order chi connectivity index (χ0) is 16.5. The van der Waals surface area contributed by atoms with Gasteiger partial charge < -0.3 is 10.1 Å². The second-order valence-corrected chi connectivity index (χ2v) is 7.89. The highest BCUT2D eigenvalue weighted by atomic mass is 32.2. The van der Waals surface area contributed by atoms with Gasteiger partial charge in [-0.3, -0.25) is 0 Å². The van der Waals surface area contributed by atoms with Gasteiger partial charge in [0, 0.05) is 26.2 Å². The van der Waals surface area contributed by atoms with Crippen molar-refractivity contribution in [1.82, 2.24) is 10.0 Å². The number of hydrogen-bond acceptors (Lipinski definition) is 4. The van der Waals surface area contributed by atoms with Gasteiger partial charge in [0.15, 0.2) is 0 Å². The Labute approximate surface area is 139 Å². The molecule has 1 saturated carbocycles. The van der Waals surface area contributed by atoms with Gasteiger partial charge in [-0.25, -0.2) is 13.1 Å². The number of benzene rings is 1. The second kappa shape index (κ2) is 9.37. The van der Waals surface area contributed by atoms with Crippen molar-refractivity contribution in [1.29, 1.82) is 0 Å². The van der Waals surface area contributed by atoms with Crippen molar-refractivity contribution >= 4 is 10.0 Å². The highest BCUT2D eigenvalue weighted by Crippen LogP contribution is 2.17. The fourth-order valence-electron chi connectivity index (χ4n) is 3.00. The largest absolute Gasteiger partial charge is 0.380 e. The molecule has 2 N–H and O–H groups in total. The predicted octanol–water partition coefficient (Wildman–Crippen LogP) is 2.42. The molecule has 0 bridgehead atoms. The first-order valence-corrected chi connectivity index (χ1v) is 9.91. The predicted molar refractivity (Wildman–Crippen MR) is 91.8 cm³/mol. The van der Waals surface area contributed by atoms with Gasteiger partial charge in [0.1, 0.15) is 0 Å². The summed E-state index contributed by atoms with van der Waals surface area (Å²) in [5, 5.41) is 3.47. The summed E-state index contributed by atoms with van der Waals surface area (Å²) < 4.78 is 32.3. The van der Waals surface area contributed by atoms with Crippen LogP contribution in [0.3, 0.4) is 0 Å². The Balaban J connectivity index is 1.80. The molecular weight excluding hydrogens is 312 g/mol. The van der Waals surface area contributed by atoms with E-state index in [1.807, 2.05) is 6.07 Å². The number of hydrogen-bond donors (Lipinski definition) is 2. The standard InChI is InChI=1S/C17H28N2O3S/c1-22-14-15-7-6-10-17(13-15)23(20,21)19-12-11-18-16-8-4-2-3-5-9-16/h6-7,10,13,16,18-19H,2-5,8-9,11-12,14H2,1H3. The molecule has 2 rings (SSSR count). The average Bonchev–Trinajstić information content (AvgIpc) is 2.81. The minimum atomic E-state index is -3.46. The van der Waals surface area contributed by atoms with Crippen LogP contribution in [0.1, 0.15) is 44.1 Å². The molecule has 0 atom stereocenters. The highest BCUT2D eigenvalue weighted by Gasteiger charge is 2.15. The van der Waals surface area contributed by atoms with Crippen molar-refractivity contribution in [2.24, 2.45) is 0 Å². The van der Waals surface area contributed by atoms with Crippen molar-refractivity contribution in [3.8, 4) is 0 Å². The lowest BCUT2D eigenvalue weighted by Gasteiger charge is -2.16. The Morgan fingerprint density at radius 2 is 1.87 bits per heavy atom. The smallest absolute Gasteiger partial charge is 0.240 e. The average molecular weight is 340 g/mol. The number of sulfonamides is 1. The summed E-state index contributed by atoms with van der Waals surface area (Å²) in [6.45, 7) is 1.49. The van der Waals surface area contributed by atoms with Gasteiger partial charge in [-0.2, -0.15) is 0 Å². The van der Waals surface area contributed by atoms with E-state index in [1.165, 1.54) is 38.5 Å². The summed E-state index contributed by atoms with van der Waals surface area (Å²) in [4.78, 5) is 0.293. The maximum atomic E-state index is 12.3. The molecule has 5 nitrogen and oxygen atoms in total. The van der Waals surface area contributed by atoms with E-state index in [0.29, 0.717) is 30.6 Å². The highest BCUT2D eigenvalue weighted by molar-refractivity contribution is 7.89. The SMILES string of the molecule is COCc1cccc(S(=O)(=O)NCCNC2CCCCCC2)c1. The van der Waals surface area contributed by atoms with Crippen LogP contribution in [0.4, 0.5) is 0 Å². The molecule has 1 aromatic carbocycles. The fraction of sp³-hybridized carbons (Fsp3) is 0.647. The molecular formula is C17H28N2O3S. The quantitative estimate of drug-likeness (QED) is 0.563. The Kier molecular flexibility index (Phi) is 7.49. The molecule has 0 amide bonds. The topological polar surface area (TPSA) is 67.4 Å². The molecule has 1 aliphatic carbocycles. The molecule has 23 heavy (non-hydrogen) atoms. The molecule has 0 heterocycles. The lowest BCUT2D eigenvalue weighted by molar-refractivity contribution is 0.184. The summed E-state index contributed by atoms with van der Waals surface area (Å²) in [7, 11) is -1.86. The van der Waals surface area contributed by atoms with Gasteiger partial charge in [0.05, 0.1) is 11.5 Å². The third-order valence-corrected chi connectivity index (χ3v) is 5.68. The third kappa shape index (κ3) is 6.22. The molecule has 0 spiro atoms. The van der Waals surface area contributed by atoms with E-state index in [9.17, 15) is 8.42 Å². The Bertz CT molecular complexity index is 567. The van der Waals surface area contributed by atoms with Crippen LogP contribution >= 0.6 is 0 Å². The van der Waals surface area contributed by atoms with Crippen molar-refractivity contribution in [2.45, 2.75) is 56.1 Å². The minimum absolute atomic E-state index is 0.293. The summed E-state index contributed by atoms with van der Waals surface area (Å²) in [6.07, 6.45) is 7.59. The molecule has 130 valence electrons. The Morgan fingerprint density at radius 3 is 2.57 bits per heavy atom. The van der Waals surface area contributed by atoms with Gasteiger partial charge in [-0.15, -0.1) is 0 Å². The summed E-state index contributed by atoms with van der Waals surface area (Å²) in [5.74, 6) is 0. The van der Waals surface area contributed by atoms with Gasteiger partial charge >= 0.3 is 0 Å². The number of ether oxygens (including phenoxy) is 1. The van der Waals surface area contributed by atoms with Crippen LogP contribution < -0.4 is 10.0 Å². The number of rotatable bonds is 8. The first kappa shape index (κ1) is 18.4. The van der Waals surface area contributed by atoms with Crippen LogP contribution in [0.5, 0.6) is 0 Å². The van der Waals surface area contributed by atoms with Gasteiger partial charge in [-0.1, -0.05) is 37.8 Å². The van der Waals surface area contributed by atoms with Crippen LogP contribution in [0.2, 0.25) is 0 Å². The maximum Gasteiger partial charge on any atom is 0.240 e. The molecule has 1 aliphatic rings. The van der Waals surface area contributed by atoms with Crippen molar-refractivity contribution in [3.63, 3.8) is 0 Å². The molecule has 0 aliphatic heterocycles. The number of methoxy groups -OCH3 is 1. The molecule has 6 heteroatoms. The van der Waals surface area contributed by atoms with Gasteiger partial charge in [-0.05, 0) is 30.5 Å². The summed E-state index contributed by atoms with van der Waals surface area (Å²) in [5.41, 5.74) is 0.854. The second-order valence-electron chi connectivity index (χ2n) is 6.12. The van der Waals surface area contributed by atoms with E-state index in [-0.39, 0.29) is 0 Å². The van der Waals surface area contributed by atoms with Crippen LogP contribution in [0.25, 0.3) is 0 Å². The van der Waals surface area contributed by atoms with Crippen molar-refractivity contribution in [3.05, 3.63) is 29.8 Å². The van der Waals surface area contributed by atoms with E-state index >= 15 is 0 Å². The zero-order valence-electron chi connectivity index (χ0n) is 13.9. The first-order valence-electron chi connectivity index (χ1n) is 8.43. The maximum absolute atomic E-state index is 12.3. The molecule has 0 radical (unpaired) electrons. The fourth-order valence-corrected chi connectivity index (χ4v) is 4.10. The molecule has 1 aromatic rings.